The fraction of sp³-hybridized carbons (Fsp3) is 0.727. The van der Waals surface area contributed by atoms with Crippen molar-refractivity contribution in [2.75, 3.05) is 13.2 Å². The molecule has 83 valence electrons. The van der Waals surface area contributed by atoms with Gasteiger partial charge in [0.25, 0.3) is 0 Å². The summed E-state index contributed by atoms with van der Waals surface area (Å²) < 4.78 is 5.18. The van der Waals surface area contributed by atoms with Gasteiger partial charge < -0.3 is 4.74 Å². The molecule has 0 bridgehead atoms. The quantitative estimate of drug-likeness (QED) is 0.261. The van der Waals surface area contributed by atoms with Crippen LogP contribution in [-0.2, 0) is 14.5 Å². The van der Waals surface area contributed by atoms with E-state index in [2.05, 4.69) is 6.58 Å². The van der Waals surface area contributed by atoms with Crippen LogP contribution in [0.15, 0.2) is 12.2 Å². The third-order valence-corrected chi connectivity index (χ3v) is 1.73. The zero-order valence-corrected chi connectivity index (χ0v) is 9.63. The van der Waals surface area contributed by atoms with Crippen LogP contribution in [0.5, 0.6) is 0 Å². The van der Waals surface area contributed by atoms with Crippen LogP contribution in [0.4, 0.5) is 0 Å². The summed E-state index contributed by atoms with van der Waals surface area (Å²) in [5.74, 6) is 0. The van der Waals surface area contributed by atoms with Crippen molar-refractivity contribution in [2.45, 2.75) is 39.7 Å². The molecule has 0 heterocycles. The highest BCUT2D eigenvalue weighted by Crippen LogP contribution is 2.13. The smallest absolute Gasteiger partial charge is 0.148 e. The third-order valence-electron chi connectivity index (χ3n) is 1.73. The lowest BCUT2D eigenvalue weighted by atomic mass is 10.1. The normalized spacial score (nSPS) is 11.7. The molecule has 0 rings (SSSR count). The Morgan fingerprint density at radius 2 is 2.07 bits per heavy atom. The molecular weight excluding hydrogens is 180 g/mol. The summed E-state index contributed by atoms with van der Waals surface area (Å²) in [5, 5.41) is 0. The van der Waals surface area contributed by atoms with E-state index in [1.54, 1.807) is 0 Å². The monoisotopic (exact) mass is 201 g/mol. The Balaban J connectivity index is 3.25. The van der Waals surface area contributed by atoms with E-state index in [0.717, 1.165) is 12.0 Å². The molecule has 0 aromatic rings. The van der Waals surface area contributed by atoms with Crippen molar-refractivity contribution in [1.29, 1.82) is 0 Å². The fourth-order valence-electron chi connectivity index (χ4n) is 0.532. The molecule has 0 saturated carbocycles. The Kier molecular flexibility index (Phi) is 6.79. The Hall–Kier alpha value is -0.380. The standard InChI is InChI=1S/C11H21O3/c1-6-11(4,5)14-13-8-7-12-9-10(2)3/h8H,2,6-7,9H2,1,3-5H3. The fourth-order valence-corrected chi connectivity index (χ4v) is 0.532. The largest absolute Gasteiger partial charge is 0.374 e. The highest BCUT2D eigenvalue weighted by Gasteiger charge is 2.16. The van der Waals surface area contributed by atoms with E-state index in [-0.39, 0.29) is 5.60 Å². The predicted octanol–water partition coefficient (Wildman–Crippen LogP) is 2.88. The van der Waals surface area contributed by atoms with Crippen LogP contribution in [0.3, 0.4) is 0 Å². The maximum atomic E-state index is 5.18. The van der Waals surface area contributed by atoms with E-state index in [0.29, 0.717) is 13.2 Å². The van der Waals surface area contributed by atoms with Crippen molar-refractivity contribution < 1.29 is 14.5 Å². The average molecular weight is 201 g/mol. The minimum Gasteiger partial charge on any atom is -0.374 e. The molecule has 0 aliphatic heterocycles. The summed E-state index contributed by atoms with van der Waals surface area (Å²) in [7, 11) is 0. The molecule has 0 aliphatic rings. The van der Waals surface area contributed by atoms with Crippen molar-refractivity contribution >= 4 is 0 Å². The first-order chi connectivity index (χ1) is 6.48. The van der Waals surface area contributed by atoms with Crippen LogP contribution in [0.2, 0.25) is 0 Å². The van der Waals surface area contributed by atoms with Gasteiger partial charge in [0.1, 0.15) is 6.61 Å². The molecule has 0 atom stereocenters. The predicted molar refractivity (Wildman–Crippen MR) is 56.5 cm³/mol. The molecule has 0 aromatic heterocycles. The summed E-state index contributed by atoms with van der Waals surface area (Å²) in [4.78, 5) is 10.0. The van der Waals surface area contributed by atoms with E-state index in [1.165, 1.54) is 6.61 Å². The molecule has 3 nitrogen and oxygen atoms in total. The highest BCUT2D eigenvalue weighted by molar-refractivity contribution is 4.87. The van der Waals surface area contributed by atoms with Crippen molar-refractivity contribution in [3.8, 4) is 0 Å². The zero-order chi connectivity index (χ0) is 11.0. The van der Waals surface area contributed by atoms with E-state index in [1.807, 2.05) is 27.7 Å². The Morgan fingerprint density at radius 1 is 1.43 bits per heavy atom. The first-order valence-electron chi connectivity index (χ1n) is 4.86. The molecule has 3 heteroatoms. The van der Waals surface area contributed by atoms with E-state index >= 15 is 0 Å². The van der Waals surface area contributed by atoms with Crippen molar-refractivity contribution in [1.82, 2.24) is 0 Å². The van der Waals surface area contributed by atoms with E-state index in [4.69, 9.17) is 14.5 Å². The van der Waals surface area contributed by atoms with Gasteiger partial charge in [-0.15, -0.1) is 0 Å². The minimum atomic E-state index is -0.245. The van der Waals surface area contributed by atoms with Gasteiger partial charge in [-0.2, -0.15) is 0 Å². The SMILES string of the molecule is C=C(C)COC[CH]OOC(C)(C)CC. The summed E-state index contributed by atoms with van der Waals surface area (Å²) in [6.45, 7) is 14.1. The summed E-state index contributed by atoms with van der Waals surface area (Å²) in [5.41, 5.74) is 0.749. The average Bonchev–Trinajstić information content (AvgIpc) is 2.10. The van der Waals surface area contributed by atoms with Gasteiger partial charge >= 0.3 is 0 Å². The summed E-state index contributed by atoms with van der Waals surface area (Å²) >= 11 is 0. The minimum absolute atomic E-state index is 0.245. The molecule has 14 heavy (non-hydrogen) atoms. The molecule has 0 fully saturated rings. The first kappa shape index (κ1) is 13.6. The van der Waals surface area contributed by atoms with Crippen molar-refractivity contribution in [2.24, 2.45) is 0 Å². The number of rotatable bonds is 8. The van der Waals surface area contributed by atoms with Crippen molar-refractivity contribution in [3.63, 3.8) is 0 Å². The lowest BCUT2D eigenvalue weighted by Gasteiger charge is -2.20. The van der Waals surface area contributed by atoms with Gasteiger partial charge in [-0.3, -0.25) is 0 Å². The molecule has 0 spiro atoms. The maximum absolute atomic E-state index is 5.18. The summed E-state index contributed by atoms with van der Waals surface area (Å²) in [6, 6.07) is 0. The Morgan fingerprint density at radius 3 is 2.57 bits per heavy atom. The first-order valence-corrected chi connectivity index (χ1v) is 4.86. The van der Waals surface area contributed by atoms with Gasteiger partial charge in [0.05, 0.1) is 18.8 Å². The highest BCUT2D eigenvalue weighted by atomic mass is 17.2. The number of hydrogen-bond donors (Lipinski definition) is 0. The van der Waals surface area contributed by atoms with Gasteiger partial charge in [0, 0.05) is 0 Å². The third kappa shape index (κ3) is 8.23. The second-order valence-electron chi connectivity index (χ2n) is 3.93. The maximum Gasteiger partial charge on any atom is 0.148 e. The van der Waals surface area contributed by atoms with Crippen LogP contribution < -0.4 is 0 Å². The molecule has 1 radical (unpaired) electrons. The molecule has 0 aliphatic carbocycles. The lowest BCUT2D eigenvalue weighted by Crippen LogP contribution is -2.23. The molecule has 0 N–H and O–H groups in total. The van der Waals surface area contributed by atoms with Crippen molar-refractivity contribution in [3.05, 3.63) is 18.8 Å². The van der Waals surface area contributed by atoms with Crippen LogP contribution >= 0.6 is 0 Å². The molecular formula is C11H21O3. The zero-order valence-electron chi connectivity index (χ0n) is 9.63. The Labute approximate surface area is 87.0 Å². The van der Waals surface area contributed by atoms with E-state index < -0.39 is 0 Å². The topological polar surface area (TPSA) is 27.7 Å². The van der Waals surface area contributed by atoms with Crippen LogP contribution in [0, 0.1) is 6.61 Å². The van der Waals surface area contributed by atoms with Gasteiger partial charge in [-0.25, -0.2) is 9.78 Å². The number of hydrogen-bond acceptors (Lipinski definition) is 3. The van der Waals surface area contributed by atoms with Gasteiger partial charge in [-0.1, -0.05) is 19.1 Å². The summed E-state index contributed by atoms with van der Waals surface area (Å²) in [6.07, 6.45) is 0.896. The molecule has 0 amide bonds. The lowest BCUT2D eigenvalue weighted by molar-refractivity contribution is -0.334. The Bertz CT molecular complexity index is 164. The molecule has 0 unspecified atom stereocenters. The second kappa shape index (κ2) is 6.98. The van der Waals surface area contributed by atoms with Gasteiger partial charge in [0.2, 0.25) is 0 Å². The van der Waals surface area contributed by atoms with Crippen LogP contribution in [0.1, 0.15) is 34.1 Å². The second-order valence-corrected chi connectivity index (χ2v) is 3.93. The van der Waals surface area contributed by atoms with Crippen LogP contribution in [-0.4, -0.2) is 18.8 Å². The van der Waals surface area contributed by atoms with E-state index in [9.17, 15) is 0 Å². The number of ether oxygens (including phenoxy) is 1. The molecule has 0 saturated heterocycles. The van der Waals surface area contributed by atoms with Gasteiger partial charge in [0.15, 0.2) is 0 Å². The molecule has 0 aromatic carbocycles. The van der Waals surface area contributed by atoms with Gasteiger partial charge in [-0.05, 0) is 27.2 Å². The van der Waals surface area contributed by atoms with Crippen LogP contribution in [0.25, 0.3) is 0 Å².